The van der Waals surface area contributed by atoms with Crippen LogP contribution in [0.1, 0.15) is 16.7 Å². The Morgan fingerprint density at radius 3 is 1.87 bits per heavy atom. The van der Waals surface area contributed by atoms with Crippen molar-refractivity contribution in [1.82, 2.24) is 19.1 Å². The number of aromatic nitrogens is 4. The molecule has 0 amide bonds. The van der Waals surface area contributed by atoms with Crippen LogP contribution in [0.2, 0.25) is 0 Å². The number of rotatable bonds is 11. The third-order valence-electron chi connectivity index (χ3n) is 5.49. The van der Waals surface area contributed by atoms with Crippen molar-refractivity contribution in [3.8, 4) is 11.5 Å². The van der Waals surface area contributed by atoms with E-state index in [9.17, 15) is 27.2 Å². The smallest absolute Gasteiger partial charge is 0.387 e. The van der Waals surface area contributed by atoms with Crippen molar-refractivity contribution < 1.29 is 27.0 Å². The molecule has 0 bridgehead atoms. The van der Waals surface area contributed by atoms with E-state index in [2.05, 4.69) is 24.8 Å². The summed E-state index contributed by atoms with van der Waals surface area (Å²) in [5.41, 5.74) is 5.89. The highest BCUT2D eigenvalue weighted by Crippen LogP contribution is 2.17. The van der Waals surface area contributed by atoms with Crippen molar-refractivity contribution >= 4 is 11.8 Å². The first-order valence-electron chi connectivity index (χ1n) is 11.4. The van der Waals surface area contributed by atoms with Gasteiger partial charge < -0.3 is 20.5 Å². The molecule has 2 aromatic carbocycles. The van der Waals surface area contributed by atoms with Gasteiger partial charge in [-0.3, -0.25) is 4.57 Å². The number of nitrogens with two attached hydrogens (primary N) is 1. The summed E-state index contributed by atoms with van der Waals surface area (Å²) < 4.78 is 60.6. The second-order valence-electron chi connectivity index (χ2n) is 8.12. The van der Waals surface area contributed by atoms with Gasteiger partial charge in [-0.2, -0.15) is 22.5 Å². The van der Waals surface area contributed by atoms with Crippen molar-refractivity contribution in [3.63, 3.8) is 0 Å². The number of ether oxygens (including phenoxy) is 2. The zero-order chi connectivity index (χ0) is 27.9. The third kappa shape index (κ3) is 7.12. The lowest BCUT2D eigenvalue weighted by atomic mass is 10.2. The molecule has 14 heteroatoms. The molecule has 0 saturated carbocycles. The Hall–Kier alpha value is -4.88. The minimum Gasteiger partial charge on any atom is -0.435 e. The first-order valence-corrected chi connectivity index (χ1v) is 11.4. The summed E-state index contributed by atoms with van der Waals surface area (Å²) in [6.07, 6.45) is 1.52. The second kappa shape index (κ2) is 12.1. The number of alkyl halides is 4. The topological polar surface area (TPSA) is 126 Å². The van der Waals surface area contributed by atoms with Crippen molar-refractivity contribution in [2.75, 3.05) is 11.1 Å². The van der Waals surface area contributed by atoms with E-state index in [1.165, 1.54) is 59.3 Å². The van der Waals surface area contributed by atoms with Crippen LogP contribution in [0.25, 0.3) is 0 Å². The molecule has 0 atom stereocenters. The minimum absolute atomic E-state index is 0.0573. The van der Waals surface area contributed by atoms with E-state index in [0.717, 1.165) is 4.57 Å². The normalized spacial score (nSPS) is 11.1. The standard InChI is InChI=1S/C25H22F4N6O4/c26-21(27)38-18-7-3-15(4-8-18)13-34-23(32-12-17-2-1-11-31-20(17)30)33-24(36)35(25(34)37)14-16-5-9-19(10-6-16)39-22(28)29/h1-11,21-22H,12-14H2,(H2,30,31)(H,32,33,36). The number of nitrogen functional groups attached to an aromatic ring is 1. The molecule has 10 nitrogen and oxygen atoms in total. The molecule has 2 aromatic heterocycles. The van der Waals surface area contributed by atoms with E-state index < -0.39 is 24.6 Å². The van der Waals surface area contributed by atoms with Gasteiger partial charge in [0.1, 0.15) is 17.3 Å². The molecule has 0 aliphatic rings. The lowest BCUT2D eigenvalue weighted by Gasteiger charge is -2.16. The Balaban J connectivity index is 1.67. The summed E-state index contributed by atoms with van der Waals surface area (Å²) in [5, 5.41) is 2.93. The molecule has 0 aliphatic carbocycles. The van der Waals surface area contributed by atoms with Crippen LogP contribution >= 0.6 is 0 Å². The fourth-order valence-electron chi connectivity index (χ4n) is 3.63. The van der Waals surface area contributed by atoms with Crippen molar-refractivity contribution in [2.45, 2.75) is 32.9 Å². The summed E-state index contributed by atoms with van der Waals surface area (Å²) in [7, 11) is 0. The lowest BCUT2D eigenvalue weighted by molar-refractivity contribution is -0.0505. The quantitative estimate of drug-likeness (QED) is 0.275. The first kappa shape index (κ1) is 27.2. The Kier molecular flexibility index (Phi) is 8.43. The number of anilines is 2. The molecule has 0 fully saturated rings. The van der Waals surface area contributed by atoms with Gasteiger partial charge in [-0.1, -0.05) is 30.3 Å². The number of pyridine rings is 1. The maximum Gasteiger partial charge on any atom is 0.387 e. The Morgan fingerprint density at radius 2 is 1.36 bits per heavy atom. The number of halogens is 4. The highest BCUT2D eigenvalue weighted by molar-refractivity contribution is 5.41. The molecule has 0 aliphatic heterocycles. The van der Waals surface area contributed by atoms with Crippen LogP contribution in [0.3, 0.4) is 0 Å². The van der Waals surface area contributed by atoms with E-state index >= 15 is 0 Å². The van der Waals surface area contributed by atoms with Gasteiger partial charge in [0.05, 0.1) is 13.1 Å². The summed E-state index contributed by atoms with van der Waals surface area (Å²) in [6, 6.07) is 14.5. The average Bonchev–Trinajstić information content (AvgIpc) is 2.89. The highest BCUT2D eigenvalue weighted by atomic mass is 19.3. The summed E-state index contributed by atoms with van der Waals surface area (Å²) >= 11 is 0. The largest absolute Gasteiger partial charge is 0.435 e. The zero-order valence-electron chi connectivity index (χ0n) is 20.1. The van der Waals surface area contributed by atoms with Crippen LogP contribution in [0.15, 0.2) is 76.4 Å². The molecule has 0 saturated heterocycles. The Labute approximate surface area is 218 Å². The molecule has 0 unspecified atom stereocenters. The van der Waals surface area contributed by atoms with Crippen molar-refractivity contribution in [2.24, 2.45) is 0 Å². The number of benzene rings is 2. The monoisotopic (exact) mass is 546 g/mol. The molecule has 204 valence electrons. The summed E-state index contributed by atoms with van der Waals surface area (Å²) in [5.74, 6) is 0.0539. The molecule has 3 N–H and O–H groups in total. The van der Waals surface area contributed by atoms with Gasteiger partial charge in [0, 0.05) is 18.3 Å². The molecule has 4 rings (SSSR count). The predicted octanol–water partition coefficient (Wildman–Crippen LogP) is 3.29. The van der Waals surface area contributed by atoms with Crippen LogP contribution in [0.5, 0.6) is 11.5 Å². The second-order valence-corrected chi connectivity index (χ2v) is 8.12. The average molecular weight is 546 g/mol. The van der Waals surface area contributed by atoms with E-state index in [1.54, 1.807) is 12.1 Å². The van der Waals surface area contributed by atoms with Crippen LogP contribution in [-0.2, 0) is 19.6 Å². The molecule has 4 aromatic rings. The van der Waals surface area contributed by atoms with Crippen molar-refractivity contribution in [3.05, 3.63) is 105 Å². The lowest BCUT2D eigenvalue weighted by Crippen LogP contribution is -2.43. The fraction of sp³-hybridized carbons (Fsp3) is 0.200. The molecule has 0 radical (unpaired) electrons. The van der Waals surface area contributed by atoms with Gasteiger partial charge in [0.2, 0.25) is 5.95 Å². The zero-order valence-corrected chi connectivity index (χ0v) is 20.1. The maximum absolute atomic E-state index is 13.5. The number of nitrogens with one attached hydrogen (secondary N) is 1. The van der Waals surface area contributed by atoms with Crippen LogP contribution < -0.4 is 31.9 Å². The molecular formula is C25H22F4N6O4. The van der Waals surface area contributed by atoms with Gasteiger partial charge >= 0.3 is 24.6 Å². The molecule has 0 spiro atoms. The highest BCUT2D eigenvalue weighted by Gasteiger charge is 2.15. The Bertz CT molecular complexity index is 1530. The SMILES string of the molecule is Nc1ncccc1CNc1nc(=O)n(Cc2ccc(OC(F)F)cc2)c(=O)n1Cc1ccc(OC(F)F)cc1. The Morgan fingerprint density at radius 1 is 0.821 bits per heavy atom. The van der Waals surface area contributed by atoms with Gasteiger partial charge in [-0.05, 0) is 41.5 Å². The van der Waals surface area contributed by atoms with Gasteiger partial charge in [0.15, 0.2) is 0 Å². The van der Waals surface area contributed by atoms with Crippen LogP contribution in [-0.4, -0.2) is 32.3 Å². The van der Waals surface area contributed by atoms with Crippen molar-refractivity contribution in [1.29, 1.82) is 0 Å². The van der Waals surface area contributed by atoms with E-state index in [1.807, 2.05) is 0 Å². The minimum atomic E-state index is -2.99. The maximum atomic E-state index is 13.5. The fourth-order valence-corrected chi connectivity index (χ4v) is 3.63. The third-order valence-corrected chi connectivity index (χ3v) is 5.49. The van der Waals surface area contributed by atoms with E-state index in [0.29, 0.717) is 16.7 Å². The van der Waals surface area contributed by atoms with E-state index in [4.69, 9.17) is 5.73 Å². The number of nitrogens with zero attached hydrogens (tertiary/aromatic N) is 4. The van der Waals surface area contributed by atoms with Crippen LogP contribution in [0.4, 0.5) is 29.3 Å². The van der Waals surface area contributed by atoms with E-state index in [-0.39, 0.29) is 42.9 Å². The molecule has 39 heavy (non-hydrogen) atoms. The first-order chi connectivity index (χ1) is 18.7. The number of hydrogen-bond acceptors (Lipinski definition) is 8. The summed E-state index contributed by atoms with van der Waals surface area (Å²) in [6.45, 7) is -6.16. The van der Waals surface area contributed by atoms with Gasteiger partial charge in [-0.25, -0.2) is 19.1 Å². The molecular weight excluding hydrogens is 524 g/mol. The predicted molar refractivity (Wildman–Crippen MR) is 133 cm³/mol. The summed E-state index contributed by atoms with van der Waals surface area (Å²) in [4.78, 5) is 34.4. The van der Waals surface area contributed by atoms with Gasteiger partial charge in [0.25, 0.3) is 0 Å². The number of hydrogen-bond donors (Lipinski definition) is 2. The molecule has 2 heterocycles. The van der Waals surface area contributed by atoms with Gasteiger partial charge in [-0.15, -0.1) is 0 Å². The van der Waals surface area contributed by atoms with Crippen LogP contribution in [0, 0.1) is 0 Å².